The van der Waals surface area contributed by atoms with Gasteiger partial charge >= 0.3 is 6.03 Å². The molecule has 1 aromatic rings. The van der Waals surface area contributed by atoms with Gasteiger partial charge in [-0.25, -0.2) is 9.78 Å². The van der Waals surface area contributed by atoms with Crippen molar-refractivity contribution in [1.29, 1.82) is 0 Å². The first-order chi connectivity index (χ1) is 13.8. The Balaban J connectivity index is 0.000000941. The Morgan fingerprint density at radius 2 is 1.97 bits per heavy atom. The summed E-state index contributed by atoms with van der Waals surface area (Å²) < 4.78 is 0. The lowest BCUT2D eigenvalue weighted by Gasteiger charge is -2.42. The Morgan fingerprint density at radius 3 is 2.45 bits per heavy atom. The van der Waals surface area contributed by atoms with E-state index in [1.807, 2.05) is 13.8 Å². The summed E-state index contributed by atoms with van der Waals surface area (Å²) in [5.41, 5.74) is -0.503. The number of hydrogen-bond acceptors (Lipinski definition) is 6. The molecule has 11 nitrogen and oxygen atoms in total. The van der Waals surface area contributed by atoms with Gasteiger partial charge in [-0.3, -0.25) is 19.3 Å². The van der Waals surface area contributed by atoms with Crippen LogP contribution in [0, 0.1) is 5.92 Å². The van der Waals surface area contributed by atoms with Crippen LogP contribution in [-0.4, -0.2) is 97.5 Å². The van der Waals surface area contributed by atoms with Gasteiger partial charge in [0.15, 0.2) is 0 Å². The van der Waals surface area contributed by atoms with Gasteiger partial charge in [0.25, 0.3) is 18.3 Å². The maximum absolute atomic E-state index is 13.0. The van der Waals surface area contributed by atoms with Gasteiger partial charge in [0, 0.05) is 19.6 Å². The van der Waals surface area contributed by atoms with Crippen molar-refractivity contribution >= 4 is 24.3 Å². The lowest BCUT2D eigenvalue weighted by Crippen LogP contribution is -2.58. The second-order valence-electron chi connectivity index (χ2n) is 7.36. The molecule has 0 bridgehead atoms. The van der Waals surface area contributed by atoms with Gasteiger partial charge in [-0.05, 0) is 18.8 Å². The first-order valence-corrected chi connectivity index (χ1v) is 9.42. The molecule has 3 heterocycles. The Bertz CT molecular complexity index is 727. The van der Waals surface area contributed by atoms with E-state index in [9.17, 15) is 19.5 Å². The maximum Gasteiger partial charge on any atom is 0.327 e. The van der Waals surface area contributed by atoms with Crippen molar-refractivity contribution in [3.05, 3.63) is 18.2 Å². The summed E-state index contributed by atoms with van der Waals surface area (Å²) in [4.78, 5) is 57.7. The SMILES string of the molecule is CC(C)CN1C(=O)N(CCO)C(=O)C12CCN(C(=O)c1cnc[nH]1)CC2.O=CO. The summed E-state index contributed by atoms with van der Waals surface area (Å²) in [6.45, 7) is 4.74. The predicted octanol–water partition coefficient (Wildman–Crippen LogP) is -0.00220. The number of β-amino-alcohol motifs (C(OH)–C–C–N with tert-alkyl or cyclic N) is 1. The molecule has 0 aromatic carbocycles. The van der Waals surface area contributed by atoms with Crippen LogP contribution in [0.2, 0.25) is 0 Å². The fourth-order valence-electron chi connectivity index (χ4n) is 3.80. The zero-order chi connectivity index (χ0) is 21.6. The lowest BCUT2D eigenvalue weighted by molar-refractivity contribution is -0.135. The number of piperidine rings is 1. The molecule has 0 unspecified atom stereocenters. The van der Waals surface area contributed by atoms with Crippen molar-refractivity contribution in [3.63, 3.8) is 0 Å². The number of nitrogens with one attached hydrogen (secondary N) is 1. The zero-order valence-corrected chi connectivity index (χ0v) is 16.6. The molecule has 2 saturated heterocycles. The molecule has 160 valence electrons. The summed E-state index contributed by atoms with van der Waals surface area (Å²) >= 11 is 0. The van der Waals surface area contributed by atoms with E-state index in [1.54, 1.807) is 9.80 Å². The Hall–Kier alpha value is -2.95. The molecule has 3 N–H and O–H groups in total. The highest BCUT2D eigenvalue weighted by atomic mass is 16.3. The smallest absolute Gasteiger partial charge is 0.327 e. The molecule has 1 aromatic heterocycles. The molecule has 0 radical (unpaired) electrons. The van der Waals surface area contributed by atoms with E-state index >= 15 is 0 Å². The van der Waals surface area contributed by atoms with Crippen LogP contribution in [0.3, 0.4) is 0 Å². The second-order valence-corrected chi connectivity index (χ2v) is 7.36. The van der Waals surface area contributed by atoms with Crippen LogP contribution >= 0.6 is 0 Å². The number of aromatic nitrogens is 2. The van der Waals surface area contributed by atoms with Crippen molar-refractivity contribution in [2.24, 2.45) is 5.92 Å². The number of aliphatic hydroxyl groups is 1. The van der Waals surface area contributed by atoms with Crippen molar-refractivity contribution in [2.75, 3.05) is 32.8 Å². The van der Waals surface area contributed by atoms with E-state index in [2.05, 4.69) is 9.97 Å². The quantitative estimate of drug-likeness (QED) is 0.458. The standard InChI is InChI=1S/C17H25N5O4.CH2O2/c1-12(2)10-22-16(26)21(7-8-23)15(25)17(22)3-5-20(6-4-17)14(24)13-9-18-11-19-13;2-1-3/h9,11-12,23H,3-8,10H2,1-2H3,(H,18,19);1H,(H,2,3). The highest BCUT2D eigenvalue weighted by Gasteiger charge is 2.58. The fraction of sp³-hybridized carbons (Fsp3) is 0.611. The lowest BCUT2D eigenvalue weighted by atomic mass is 9.85. The Kier molecular flexibility index (Phi) is 7.32. The molecule has 0 atom stereocenters. The van der Waals surface area contributed by atoms with E-state index in [0.717, 1.165) is 4.90 Å². The summed E-state index contributed by atoms with van der Waals surface area (Å²) in [7, 11) is 0. The summed E-state index contributed by atoms with van der Waals surface area (Å²) in [6.07, 6.45) is 3.72. The van der Waals surface area contributed by atoms with Gasteiger partial charge < -0.3 is 25.0 Å². The minimum atomic E-state index is -0.915. The van der Waals surface area contributed by atoms with Crippen molar-refractivity contribution in [3.8, 4) is 0 Å². The predicted molar refractivity (Wildman–Crippen MR) is 101 cm³/mol. The number of likely N-dealkylation sites (tertiary alicyclic amines) is 1. The van der Waals surface area contributed by atoms with Crippen LogP contribution in [0.5, 0.6) is 0 Å². The number of rotatable bonds is 5. The van der Waals surface area contributed by atoms with E-state index in [4.69, 9.17) is 9.90 Å². The number of hydrogen-bond donors (Lipinski definition) is 3. The van der Waals surface area contributed by atoms with Crippen LogP contribution in [0.4, 0.5) is 4.79 Å². The molecule has 0 saturated carbocycles. The summed E-state index contributed by atoms with van der Waals surface area (Å²) in [5, 5.41) is 16.1. The number of urea groups is 1. The minimum Gasteiger partial charge on any atom is -0.483 e. The molecular formula is C18H27N5O6. The number of H-pyrrole nitrogens is 1. The average Bonchev–Trinajstić information content (AvgIpc) is 3.29. The van der Waals surface area contributed by atoms with Crippen LogP contribution in [0.15, 0.2) is 12.5 Å². The van der Waals surface area contributed by atoms with E-state index in [1.165, 1.54) is 12.5 Å². The first-order valence-electron chi connectivity index (χ1n) is 9.42. The van der Waals surface area contributed by atoms with Crippen LogP contribution in [0.1, 0.15) is 37.2 Å². The summed E-state index contributed by atoms with van der Waals surface area (Å²) in [6, 6.07) is -0.342. The number of aromatic amines is 1. The molecule has 3 rings (SSSR count). The molecule has 29 heavy (non-hydrogen) atoms. The van der Waals surface area contributed by atoms with Crippen molar-refractivity contribution in [2.45, 2.75) is 32.2 Å². The van der Waals surface area contributed by atoms with Crippen LogP contribution in [0.25, 0.3) is 0 Å². The monoisotopic (exact) mass is 409 g/mol. The number of carbonyl (C=O) groups excluding carboxylic acids is 3. The molecule has 2 aliphatic heterocycles. The third-order valence-electron chi connectivity index (χ3n) is 5.10. The van der Waals surface area contributed by atoms with Gasteiger partial charge in [-0.2, -0.15) is 0 Å². The van der Waals surface area contributed by atoms with E-state index in [0.29, 0.717) is 38.2 Å². The van der Waals surface area contributed by atoms with Gasteiger partial charge in [-0.15, -0.1) is 0 Å². The third-order valence-corrected chi connectivity index (χ3v) is 5.10. The Labute approximate surface area is 168 Å². The molecule has 1 spiro atoms. The molecule has 2 aliphatic rings. The number of imidazole rings is 1. The number of carboxylic acid groups (broad SMARTS) is 1. The Morgan fingerprint density at radius 1 is 1.34 bits per heavy atom. The van der Waals surface area contributed by atoms with Crippen LogP contribution in [-0.2, 0) is 9.59 Å². The maximum atomic E-state index is 13.0. The van der Waals surface area contributed by atoms with Gasteiger partial charge in [0.05, 0.1) is 25.7 Å². The normalized spacial score (nSPS) is 18.3. The van der Waals surface area contributed by atoms with E-state index in [-0.39, 0.29) is 43.4 Å². The second kappa shape index (κ2) is 9.50. The molecule has 0 aliphatic carbocycles. The average molecular weight is 409 g/mol. The van der Waals surface area contributed by atoms with E-state index < -0.39 is 5.54 Å². The van der Waals surface area contributed by atoms with Crippen molar-refractivity contribution in [1.82, 2.24) is 24.7 Å². The molecule has 4 amide bonds. The van der Waals surface area contributed by atoms with Crippen molar-refractivity contribution < 1.29 is 29.4 Å². The zero-order valence-electron chi connectivity index (χ0n) is 16.6. The van der Waals surface area contributed by atoms with Gasteiger partial charge in [0.2, 0.25) is 0 Å². The number of amides is 4. The first kappa shape index (κ1) is 22.3. The van der Waals surface area contributed by atoms with Gasteiger partial charge in [-0.1, -0.05) is 13.8 Å². The number of aliphatic hydroxyl groups excluding tert-OH is 1. The third kappa shape index (κ3) is 4.39. The molecular weight excluding hydrogens is 382 g/mol. The molecule has 2 fully saturated rings. The minimum absolute atomic E-state index is 0.00476. The highest BCUT2D eigenvalue weighted by molar-refractivity contribution is 6.07. The van der Waals surface area contributed by atoms with Gasteiger partial charge in [0.1, 0.15) is 11.2 Å². The number of nitrogens with zero attached hydrogens (tertiary/aromatic N) is 4. The fourth-order valence-corrected chi connectivity index (χ4v) is 3.80. The number of carbonyl (C=O) groups is 4. The number of imide groups is 1. The largest absolute Gasteiger partial charge is 0.483 e. The summed E-state index contributed by atoms with van der Waals surface area (Å²) in [5.74, 6) is -0.204. The topological polar surface area (TPSA) is 147 Å². The van der Waals surface area contributed by atoms with Crippen LogP contribution < -0.4 is 0 Å². The highest BCUT2D eigenvalue weighted by Crippen LogP contribution is 2.38. The molecule has 11 heteroatoms.